The number of aromatic nitrogens is 1. The Morgan fingerprint density at radius 1 is 1.38 bits per heavy atom. The molecule has 6 heteroatoms. The predicted molar refractivity (Wildman–Crippen MR) is 52.8 cm³/mol. The van der Waals surface area contributed by atoms with E-state index in [0.29, 0.717) is 4.47 Å². The van der Waals surface area contributed by atoms with E-state index >= 15 is 0 Å². The van der Waals surface area contributed by atoms with Crippen LogP contribution in [0, 0.1) is 0 Å². The van der Waals surface area contributed by atoms with Gasteiger partial charge >= 0.3 is 0 Å². The van der Waals surface area contributed by atoms with Gasteiger partial charge in [-0.05, 0) is 22.0 Å². The van der Waals surface area contributed by atoms with Crippen LogP contribution < -0.4 is 0 Å². The zero-order valence-corrected chi connectivity index (χ0v) is 9.63. The average molecular weight is 265 g/mol. The van der Waals surface area contributed by atoms with Crippen LogP contribution in [0.2, 0.25) is 0 Å². The van der Waals surface area contributed by atoms with Crippen molar-refractivity contribution in [3.05, 3.63) is 22.9 Å². The summed E-state index contributed by atoms with van der Waals surface area (Å²) in [4.78, 5) is 3.97. The summed E-state index contributed by atoms with van der Waals surface area (Å²) in [6, 6.07) is 1.52. The van der Waals surface area contributed by atoms with Gasteiger partial charge in [-0.3, -0.25) is 4.98 Å². The molecule has 0 aliphatic rings. The lowest BCUT2D eigenvalue weighted by atomic mass is 10.5. The Hall–Kier alpha value is -0.460. The molecule has 72 valence electrons. The summed E-state index contributed by atoms with van der Waals surface area (Å²) in [5, 5.41) is 0. The van der Waals surface area contributed by atoms with Crippen LogP contribution in [-0.4, -0.2) is 31.8 Å². The van der Waals surface area contributed by atoms with Gasteiger partial charge in [-0.2, -0.15) is 0 Å². The lowest BCUT2D eigenvalue weighted by Gasteiger charge is -2.10. The van der Waals surface area contributed by atoms with Gasteiger partial charge in [0, 0.05) is 31.0 Å². The van der Waals surface area contributed by atoms with Crippen molar-refractivity contribution in [1.82, 2.24) is 9.29 Å². The van der Waals surface area contributed by atoms with Crippen molar-refractivity contribution in [3.8, 4) is 0 Å². The van der Waals surface area contributed by atoms with Crippen LogP contribution in [0.15, 0.2) is 27.8 Å². The number of rotatable bonds is 2. The van der Waals surface area contributed by atoms with Crippen LogP contribution in [0.3, 0.4) is 0 Å². The Balaban J connectivity index is 3.24. The maximum atomic E-state index is 11.5. The fourth-order valence-corrected chi connectivity index (χ4v) is 2.15. The van der Waals surface area contributed by atoms with Gasteiger partial charge in [0.05, 0.1) is 0 Å². The second kappa shape index (κ2) is 3.73. The van der Waals surface area contributed by atoms with E-state index in [1.54, 1.807) is 0 Å². The highest BCUT2D eigenvalue weighted by atomic mass is 79.9. The first-order valence-corrected chi connectivity index (χ1v) is 5.71. The number of hydrogen-bond acceptors (Lipinski definition) is 3. The largest absolute Gasteiger partial charge is 0.262 e. The van der Waals surface area contributed by atoms with Gasteiger partial charge in [0.25, 0.3) is 0 Å². The van der Waals surface area contributed by atoms with Crippen molar-refractivity contribution in [2.75, 3.05) is 14.1 Å². The molecule has 0 saturated carbocycles. The normalized spacial score (nSPS) is 12.0. The molecule has 0 aliphatic carbocycles. The lowest BCUT2D eigenvalue weighted by molar-refractivity contribution is 0.520. The summed E-state index contributed by atoms with van der Waals surface area (Å²) >= 11 is 3.16. The van der Waals surface area contributed by atoms with E-state index < -0.39 is 10.0 Å². The Morgan fingerprint density at radius 3 is 2.46 bits per heavy atom. The van der Waals surface area contributed by atoms with Crippen molar-refractivity contribution >= 4 is 26.0 Å². The quantitative estimate of drug-likeness (QED) is 0.804. The van der Waals surface area contributed by atoms with Gasteiger partial charge in [0.2, 0.25) is 10.0 Å². The minimum atomic E-state index is -3.36. The SMILES string of the molecule is CN(C)S(=O)(=O)c1cncc(Br)c1. The summed E-state index contributed by atoms with van der Waals surface area (Å²) in [6.45, 7) is 0. The predicted octanol–water partition coefficient (Wildman–Crippen LogP) is 1.09. The zero-order valence-electron chi connectivity index (χ0n) is 7.23. The molecule has 0 atom stereocenters. The third kappa shape index (κ3) is 2.26. The third-order valence-corrected chi connectivity index (χ3v) is 3.67. The second-order valence-electron chi connectivity index (χ2n) is 2.63. The Labute approximate surface area is 85.8 Å². The molecular formula is C7H9BrN2O2S. The van der Waals surface area contributed by atoms with E-state index in [0.717, 1.165) is 4.31 Å². The number of nitrogens with zero attached hydrogens (tertiary/aromatic N) is 2. The van der Waals surface area contributed by atoms with Gasteiger partial charge in [-0.25, -0.2) is 12.7 Å². The first-order valence-electron chi connectivity index (χ1n) is 3.47. The van der Waals surface area contributed by atoms with Crippen molar-refractivity contribution < 1.29 is 8.42 Å². The molecule has 1 heterocycles. The maximum absolute atomic E-state index is 11.5. The molecule has 0 spiro atoms. The van der Waals surface area contributed by atoms with Gasteiger partial charge in [-0.15, -0.1) is 0 Å². The van der Waals surface area contributed by atoms with Gasteiger partial charge in [0.1, 0.15) is 4.90 Å². The van der Waals surface area contributed by atoms with E-state index in [9.17, 15) is 8.42 Å². The van der Waals surface area contributed by atoms with Gasteiger partial charge in [0.15, 0.2) is 0 Å². The van der Waals surface area contributed by atoms with Crippen LogP contribution in [-0.2, 0) is 10.0 Å². The summed E-state index contributed by atoms with van der Waals surface area (Å²) in [5.74, 6) is 0. The molecule has 1 rings (SSSR count). The topological polar surface area (TPSA) is 50.3 Å². The number of hydrogen-bond donors (Lipinski definition) is 0. The molecule has 0 unspecified atom stereocenters. The van der Waals surface area contributed by atoms with Gasteiger partial charge in [-0.1, -0.05) is 0 Å². The number of pyridine rings is 1. The highest BCUT2D eigenvalue weighted by Gasteiger charge is 2.17. The Bertz CT molecular complexity index is 403. The van der Waals surface area contributed by atoms with Crippen LogP contribution in [0.4, 0.5) is 0 Å². The molecule has 0 fully saturated rings. The molecule has 13 heavy (non-hydrogen) atoms. The summed E-state index contributed by atoms with van der Waals surface area (Å²) in [6.07, 6.45) is 2.86. The van der Waals surface area contributed by atoms with Crippen LogP contribution in [0.5, 0.6) is 0 Å². The molecule has 0 aliphatic heterocycles. The monoisotopic (exact) mass is 264 g/mol. The van der Waals surface area contributed by atoms with E-state index in [-0.39, 0.29) is 4.90 Å². The Kier molecular flexibility index (Phi) is 3.05. The first-order chi connectivity index (χ1) is 5.94. The average Bonchev–Trinajstić information content (AvgIpc) is 2.04. The maximum Gasteiger partial charge on any atom is 0.244 e. The minimum absolute atomic E-state index is 0.187. The minimum Gasteiger partial charge on any atom is -0.262 e. The van der Waals surface area contributed by atoms with E-state index in [2.05, 4.69) is 20.9 Å². The summed E-state index contributed by atoms with van der Waals surface area (Å²) in [5.41, 5.74) is 0. The Morgan fingerprint density at radius 2 is 2.00 bits per heavy atom. The van der Waals surface area contributed by atoms with E-state index in [1.165, 1.54) is 32.6 Å². The third-order valence-electron chi connectivity index (χ3n) is 1.46. The van der Waals surface area contributed by atoms with Crippen LogP contribution in [0.1, 0.15) is 0 Å². The fraction of sp³-hybridized carbons (Fsp3) is 0.286. The molecule has 0 bridgehead atoms. The van der Waals surface area contributed by atoms with E-state index in [1.807, 2.05) is 0 Å². The van der Waals surface area contributed by atoms with Crippen molar-refractivity contribution in [2.45, 2.75) is 4.90 Å². The smallest absolute Gasteiger partial charge is 0.244 e. The van der Waals surface area contributed by atoms with Crippen LogP contribution >= 0.6 is 15.9 Å². The molecule has 0 N–H and O–H groups in total. The highest BCUT2D eigenvalue weighted by Crippen LogP contribution is 2.16. The molecule has 0 saturated heterocycles. The molecular weight excluding hydrogens is 256 g/mol. The molecule has 1 aromatic rings. The molecule has 0 radical (unpaired) electrons. The van der Waals surface area contributed by atoms with Crippen LogP contribution in [0.25, 0.3) is 0 Å². The summed E-state index contributed by atoms with van der Waals surface area (Å²) < 4.78 is 24.9. The van der Waals surface area contributed by atoms with Crippen molar-refractivity contribution in [2.24, 2.45) is 0 Å². The lowest BCUT2D eigenvalue weighted by Crippen LogP contribution is -2.22. The number of halogens is 1. The molecule has 1 aromatic heterocycles. The van der Waals surface area contributed by atoms with Gasteiger partial charge < -0.3 is 0 Å². The van der Waals surface area contributed by atoms with Crippen molar-refractivity contribution in [1.29, 1.82) is 0 Å². The number of sulfonamides is 1. The summed E-state index contributed by atoms with van der Waals surface area (Å²) in [7, 11) is -0.394. The molecule has 0 aromatic carbocycles. The zero-order chi connectivity index (χ0) is 10.1. The second-order valence-corrected chi connectivity index (χ2v) is 5.69. The molecule has 4 nitrogen and oxygen atoms in total. The molecule has 0 amide bonds. The fourth-order valence-electron chi connectivity index (χ4n) is 0.744. The van der Waals surface area contributed by atoms with Crippen molar-refractivity contribution in [3.63, 3.8) is 0 Å². The standard InChI is InChI=1S/C7H9BrN2O2S/c1-10(2)13(11,12)7-3-6(8)4-9-5-7/h3-5H,1-2H3. The van der Waals surface area contributed by atoms with E-state index in [4.69, 9.17) is 0 Å². The first kappa shape index (κ1) is 10.6. The highest BCUT2D eigenvalue weighted by molar-refractivity contribution is 9.10.